The fourth-order valence-corrected chi connectivity index (χ4v) is 1.68. The van der Waals surface area contributed by atoms with E-state index in [1.165, 1.54) is 13.2 Å². The lowest BCUT2D eigenvalue weighted by Gasteiger charge is -2.00. The largest absolute Gasteiger partial charge is 0.469 e. The molecular formula is C12H10ClFN2O3. The quantitative estimate of drug-likeness (QED) is 0.805. The van der Waals surface area contributed by atoms with E-state index in [1.54, 1.807) is 12.1 Å². The monoisotopic (exact) mass is 284 g/mol. The Morgan fingerprint density at radius 1 is 1.53 bits per heavy atom. The van der Waals surface area contributed by atoms with Crippen molar-refractivity contribution in [1.82, 2.24) is 10.1 Å². The summed E-state index contributed by atoms with van der Waals surface area (Å²) < 4.78 is 23.0. The lowest BCUT2D eigenvalue weighted by molar-refractivity contribution is -0.140. The first-order valence-electron chi connectivity index (χ1n) is 5.41. The second-order valence-corrected chi connectivity index (χ2v) is 4.15. The van der Waals surface area contributed by atoms with Crippen molar-refractivity contribution in [1.29, 1.82) is 0 Å². The molecule has 0 radical (unpaired) electrons. The van der Waals surface area contributed by atoms with Gasteiger partial charge in [-0.1, -0.05) is 28.9 Å². The molecule has 0 amide bonds. The van der Waals surface area contributed by atoms with Gasteiger partial charge in [0, 0.05) is 6.42 Å². The number of halogens is 2. The summed E-state index contributed by atoms with van der Waals surface area (Å²) in [6, 6.07) is 4.67. The molecule has 0 fully saturated rings. The second-order valence-electron chi connectivity index (χ2n) is 3.75. The number of benzene rings is 1. The van der Waals surface area contributed by atoms with Crippen molar-refractivity contribution < 1.29 is 18.4 Å². The average molecular weight is 285 g/mol. The molecule has 2 aromatic rings. The number of nitrogens with zero attached hydrogens (tertiary/aromatic N) is 2. The van der Waals surface area contributed by atoms with Gasteiger partial charge in [0.2, 0.25) is 5.89 Å². The fraction of sp³-hybridized carbons (Fsp3) is 0.250. The Kier molecular flexibility index (Phi) is 4.11. The lowest BCUT2D eigenvalue weighted by Crippen LogP contribution is -2.04. The molecule has 0 aliphatic heterocycles. The van der Waals surface area contributed by atoms with Crippen molar-refractivity contribution in [2.75, 3.05) is 7.11 Å². The van der Waals surface area contributed by atoms with Crippen LogP contribution in [0, 0.1) is 5.82 Å². The average Bonchev–Trinajstić information content (AvgIpc) is 2.82. The number of carbonyl (C=O) groups is 1. The predicted molar refractivity (Wildman–Crippen MR) is 64.2 cm³/mol. The highest BCUT2D eigenvalue weighted by molar-refractivity contribution is 6.30. The van der Waals surface area contributed by atoms with E-state index in [1.807, 2.05) is 0 Å². The van der Waals surface area contributed by atoms with Crippen molar-refractivity contribution >= 4 is 17.6 Å². The summed E-state index contributed by atoms with van der Waals surface area (Å²) in [6.45, 7) is 0. The van der Waals surface area contributed by atoms with Gasteiger partial charge in [-0.05, 0) is 11.6 Å². The van der Waals surface area contributed by atoms with Crippen molar-refractivity contribution in [3.8, 4) is 0 Å². The molecular weight excluding hydrogens is 275 g/mol. The molecule has 2 rings (SSSR count). The summed E-state index contributed by atoms with van der Waals surface area (Å²) in [5.41, 5.74) is 0.359. The number of esters is 1. The maximum Gasteiger partial charge on any atom is 0.315 e. The minimum absolute atomic E-state index is 0.0378. The molecule has 0 bridgehead atoms. The molecule has 0 spiro atoms. The number of carbonyl (C=O) groups excluding carboxylic acids is 1. The van der Waals surface area contributed by atoms with Crippen LogP contribution in [-0.4, -0.2) is 23.2 Å². The van der Waals surface area contributed by atoms with E-state index >= 15 is 0 Å². The third-order valence-corrected chi connectivity index (χ3v) is 2.71. The van der Waals surface area contributed by atoms with Crippen molar-refractivity contribution in [3.05, 3.63) is 46.3 Å². The molecule has 19 heavy (non-hydrogen) atoms. The van der Waals surface area contributed by atoms with Crippen LogP contribution in [0.1, 0.15) is 17.3 Å². The molecule has 0 saturated heterocycles. The summed E-state index contributed by atoms with van der Waals surface area (Å²) in [7, 11) is 1.26. The smallest absolute Gasteiger partial charge is 0.315 e. The molecule has 0 aliphatic carbocycles. The Labute approximate surface area is 113 Å². The van der Waals surface area contributed by atoms with Crippen molar-refractivity contribution in [3.63, 3.8) is 0 Å². The van der Waals surface area contributed by atoms with Gasteiger partial charge in [-0.3, -0.25) is 4.79 Å². The Morgan fingerprint density at radius 3 is 3.05 bits per heavy atom. The summed E-state index contributed by atoms with van der Waals surface area (Å²) in [5.74, 6) is -0.586. The Hall–Kier alpha value is -1.95. The van der Waals surface area contributed by atoms with Crippen LogP contribution in [0.25, 0.3) is 0 Å². The van der Waals surface area contributed by atoms with Crippen LogP contribution in [0.5, 0.6) is 0 Å². The molecule has 5 nitrogen and oxygen atoms in total. The minimum Gasteiger partial charge on any atom is -0.469 e. The zero-order valence-corrected chi connectivity index (χ0v) is 10.8. The molecule has 0 N–H and O–H groups in total. The minimum atomic E-state index is -0.511. The predicted octanol–water partition coefficient (Wildman–Crippen LogP) is 2.17. The summed E-state index contributed by atoms with van der Waals surface area (Å²) >= 11 is 5.67. The van der Waals surface area contributed by atoms with Gasteiger partial charge in [0.25, 0.3) is 0 Å². The summed E-state index contributed by atoms with van der Waals surface area (Å²) in [4.78, 5) is 15.0. The van der Waals surface area contributed by atoms with Crippen LogP contribution in [0.2, 0.25) is 5.02 Å². The SMILES string of the molecule is COC(=O)Cc1nc(Cc2cccc(Cl)c2F)no1. The summed E-state index contributed by atoms with van der Waals surface area (Å²) in [5, 5.41) is 3.70. The lowest BCUT2D eigenvalue weighted by atomic mass is 10.1. The number of methoxy groups -OCH3 is 1. The van der Waals surface area contributed by atoms with Gasteiger partial charge < -0.3 is 9.26 Å². The first-order valence-corrected chi connectivity index (χ1v) is 5.79. The molecule has 7 heteroatoms. The number of ether oxygens (including phenoxy) is 1. The summed E-state index contributed by atoms with van der Waals surface area (Å²) in [6.07, 6.45) is 0.0264. The van der Waals surface area contributed by atoms with Gasteiger partial charge in [0.05, 0.1) is 12.1 Å². The van der Waals surface area contributed by atoms with E-state index < -0.39 is 11.8 Å². The molecule has 0 unspecified atom stereocenters. The highest BCUT2D eigenvalue weighted by atomic mass is 35.5. The van der Waals surface area contributed by atoms with Gasteiger partial charge in [-0.25, -0.2) is 4.39 Å². The van der Waals surface area contributed by atoms with Crippen LogP contribution in [-0.2, 0) is 22.4 Å². The van der Waals surface area contributed by atoms with Crippen LogP contribution in [0.4, 0.5) is 4.39 Å². The number of rotatable bonds is 4. The molecule has 100 valence electrons. The molecule has 1 aromatic carbocycles. The number of aromatic nitrogens is 2. The van der Waals surface area contributed by atoms with E-state index in [4.69, 9.17) is 16.1 Å². The standard InChI is InChI=1S/C12H10ClFN2O3/c1-18-11(17)6-10-15-9(16-19-10)5-7-3-2-4-8(13)12(7)14/h2-4H,5-6H2,1H3. The Morgan fingerprint density at radius 2 is 2.32 bits per heavy atom. The maximum atomic E-state index is 13.7. The first kappa shape index (κ1) is 13.5. The van der Waals surface area contributed by atoms with Crippen molar-refractivity contribution in [2.24, 2.45) is 0 Å². The van der Waals surface area contributed by atoms with Crippen LogP contribution in [0.15, 0.2) is 22.7 Å². The van der Waals surface area contributed by atoms with Crippen LogP contribution >= 0.6 is 11.6 Å². The van der Waals surface area contributed by atoms with Gasteiger partial charge >= 0.3 is 5.97 Å². The first-order chi connectivity index (χ1) is 9.10. The topological polar surface area (TPSA) is 65.2 Å². The number of hydrogen-bond donors (Lipinski definition) is 0. The van der Waals surface area contributed by atoms with E-state index in [2.05, 4.69) is 14.9 Å². The van der Waals surface area contributed by atoms with E-state index in [9.17, 15) is 9.18 Å². The molecule has 0 atom stereocenters. The third-order valence-electron chi connectivity index (χ3n) is 2.41. The molecule has 1 heterocycles. The second kappa shape index (κ2) is 5.79. The highest BCUT2D eigenvalue weighted by Crippen LogP contribution is 2.19. The zero-order valence-electron chi connectivity index (χ0n) is 10.0. The molecule has 0 saturated carbocycles. The normalized spacial score (nSPS) is 10.5. The highest BCUT2D eigenvalue weighted by Gasteiger charge is 2.14. The number of hydrogen-bond acceptors (Lipinski definition) is 5. The third kappa shape index (κ3) is 3.29. The van der Waals surface area contributed by atoms with Gasteiger partial charge in [-0.15, -0.1) is 0 Å². The Balaban J connectivity index is 2.11. The maximum absolute atomic E-state index is 13.7. The fourth-order valence-electron chi connectivity index (χ4n) is 1.48. The van der Waals surface area contributed by atoms with Gasteiger partial charge in [0.1, 0.15) is 12.2 Å². The van der Waals surface area contributed by atoms with Gasteiger partial charge in [0.15, 0.2) is 5.82 Å². The van der Waals surface area contributed by atoms with Gasteiger partial charge in [-0.2, -0.15) is 4.98 Å². The van der Waals surface area contributed by atoms with Crippen LogP contribution in [0.3, 0.4) is 0 Å². The van der Waals surface area contributed by atoms with E-state index in [0.29, 0.717) is 5.56 Å². The van der Waals surface area contributed by atoms with Crippen molar-refractivity contribution in [2.45, 2.75) is 12.8 Å². The zero-order chi connectivity index (χ0) is 13.8. The molecule has 1 aromatic heterocycles. The van der Waals surface area contributed by atoms with E-state index in [0.717, 1.165) is 0 Å². The van der Waals surface area contributed by atoms with Crippen LogP contribution < -0.4 is 0 Å². The molecule has 0 aliphatic rings. The Bertz CT molecular complexity index is 600. The van der Waals surface area contributed by atoms with E-state index in [-0.39, 0.29) is 29.6 Å².